The number of hydrogen-bond donors (Lipinski definition) is 4. The molecule has 1 aromatic carbocycles. The zero-order valence-electron chi connectivity index (χ0n) is 17.3. The summed E-state index contributed by atoms with van der Waals surface area (Å²) < 4.78 is 11.2. The molecule has 0 saturated carbocycles. The lowest BCUT2D eigenvalue weighted by atomic mass is 10.1. The summed E-state index contributed by atoms with van der Waals surface area (Å²) in [4.78, 5) is 26.8. The van der Waals surface area contributed by atoms with Gasteiger partial charge in [-0.1, -0.05) is 12.1 Å². The second-order valence-corrected chi connectivity index (χ2v) is 6.76. The minimum atomic E-state index is -0.576. The molecule has 1 aliphatic heterocycles. The third kappa shape index (κ3) is 10.2. The fraction of sp³-hybridized carbons (Fsp3) is 0.550. The second-order valence-electron chi connectivity index (χ2n) is 6.76. The predicted molar refractivity (Wildman–Crippen MR) is 126 cm³/mol. The Bertz CT molecular complexity index is 678. The summed E-state index contributed by atoms with van der Waals surface area (Å²) in [5, 5.41) is 8.93. The molecule has 1 heterocycles. The number of halogens is 1. The molecule has 2 amide bonds. The Morgan fingerprint density at radius 3 is 2.63 bits per heavy atom. The van der Waals surface area contributed by atoms with E-state index in [0.717, 1.165) is 38.0 Å². The Morgan fingerprint density at radius 2 is 2.00 bits per heavy atom. The van der Waals surface area contributed by atoms with Crippen LogP contribution in [0.25, 0.3) is 0 Å². The molecule has 1 unspecified atom stereocenters. The fourth-order valence-corrected chi connectivity index (χ4v) is 2.82. The van der Waals surface area contributed by atoms with Crippen molar-refractivity contribution in [2.45, 2.75) is 31.9 Å². The first-order valence-corrected chi connectivity index (χ1v) is 9.88. The Hall–Kier alpha value is -1.92. The van der Waals surface area contributed by atoms with Gasteiger partial charge in [-0.05, 0) is 37.0 Å². The normalized spacial score (nSPS) is 15.9. The first-order chi connectivity index (χ1) is 14.1. The summed E-state index contributed by atoms with van der Waals surface area (Å²) in [5.41, 5.74) is 6.49. The molecule has 1 fully saturated rings. The molecule has 1 aromatic rings. The van der Waals surface area contributed by atoms with Crippen molar-refractivity contribution in [3.05, 3.63) is 35.4 Å². The monoisotopic (exact) mass is 533 g/mol. The predicted octanol–water partition coefficient (Wildman–Crippen LogP) is 0.770. The maximum Gasteiger partial charge on any atom is 0.251 e. The topological polar surface area (TPSA) is 127 Å². The van der Waals surface area contributed by atoms with Gasteiger partial charge in [0.25, 0.3) is 5.91 Å². The van der Waals surface area contributed by atoms with Gasteiger partial charge in [0.2, 0.25) is 5.91 Å². The highest BCUT2D eigenvalue weighted by Crippen LogP contribution is 2.11. The lowest BCUT2D eigenvalue weighted by Crippen LogP contribution is -2.37. The van der Waals surface area contributed by atoms with Crippen molar-refractivity contribution in [2.24, 2.45) is 10.7 Å². The molecule has 0 bridgehead atoms. The molecule has 0 aliphatic carbocycles. The van der Waals surface area contributed by atoms with Crippen molar-refractivity contribution in [3.63, 3.8) is 0 Å². The van der Waals surface area contributed by atoms with Crippen LogP contribution in [0.3, 0.4) is 0 Å². The van der Waals surface area contributed by atoms with Crippen LogP contribution in [-0.2, 0) is 20.8 Å². The van der Waals surface area contributed by atoms with Crippen LogP contribution in [-0.4, -0.2) is 63.8 Å². The number of carbonyl (C=O) groups excluding carboxylic acids is 2. The van der Waals surface area contributed by atoms with E-state index in [1.807, 2.05) is 12.1 Å². The molecule has 168 valence electrons. The second kappa shape index (κ2) is 15.0. The lowest BCUT2D eigenvalue weighted by Gasteiger charge is -2.13. The van der Waals surface area contributed by atoms with Crippen LogP contribution in [0.2, 0.25) is 0 Å². The van der Waals surface area contributed by atoms with E-state index in [1.165, 1.54) is 0 Å². The largest absolute Gasteiger partial charge is 0.379 e. The number of nitrogens with two attached hydrogens (primary N) is 1. The van der Waals surface area contributed by atoms with Crippen LogP contribution in [0.4, 0.5) is 0 Å². The Morgan fingerprint density at radius 1 is 1.23 bits per heavy atom. The standard InChI is InChI=1S/C20H31N5O4.HI/c1-22-20(23-9-3-10-28-14-17-4-2-11-29-17)25-12-15-5-7-16(8-6-15)19(27)24-13-18(21)26;/h5-8,17H,2-4,9-14H2,1H3,(H2,21,26)(H,24,27)(H2,22,23,25);1H. The third-order valence-corrected chi connectivity index (χ3v) is 4.41. The van der Waals surface area contributed by atoms with Gasteiger partial charge in [-0.25, -0.2) is 0 Å². The van der Waals surface area contributed by atoms with Crippen molar-refractivity contribution in [3.8, 4) is 0 Å². The smallest absolute Gasteiger partial charge is 0.251 e. The molecular weight excluding hydrogens is 501 g/mol. The van der Waals surface area contributed by atoms with Crippen molar-refractivity contribution < 1.29 is 19.1 Å². The molecule has 1 atom stereocenters. The highest BCUT2D eigenvalue weighted by atomic mass is 127. The van der Waals surface area contributed by atoms with Crippen molar-refractivity contribution >= 4 is 41.8 Å². The fourth-order valence-electron chi connectivity index (χ4n) is 2.82. The summed E-state index contributed by atoms with van der Waals surface area (Å²) in [6.07, 6.45) is 3.36. The number of guanidine groups is 1. The Labute approximate surface area is 194 Å². The van der Waals surface area contributed by atoms with E-state index in [4.69, 9.17) is 15.2 Å². The molecule has 0 spiro atoms. The van der Waals surface area contributed by atoms with Gasteiger partial charge in [-0.3, -0.25) is 14.6 Å². The number of primary amides is 1. The van der Waals surface area contributed by atoms with Gasteiger partial charge in [-0.15, -0.1) is 24.0 Å². The highest BCUT2D eigenvalue weighted by molar-refractivity contribution is 14.0. The molecule has 30 heavy (non-hydrogen) atoms. The summed E-state index contributed by atoms with van der Waals surface area (Å²) >= 11 is 0. The Kier molecular flexibility index (Phi) is 13.0. The zero-order chi connectivity index (χ0) is 20.9. The first-order valence-electron chi connectivity index (χ1n) is 9.88. The summed E-state index contributed by atoms with van der Waals surface area (Å²) in [5.74, 6) is -0.206. The Balaban J connectivity index is 0.00000450. The van der Waals surface area contributed by atoms with Gasteiger partial charge in [0.1, 0.15) is 0 Å². The van der Waals surface area contributed by atoms with E-state index in [-0.39, 0.29) is 42.5 Å². The molecule has 0 radical (unpaired) electrons. The van der Waals surface area contributed by atoms with Gasteiger partial charge < -0.3 is 31.2 Å². The maximum atomic E-state index is 11.9. The number of benzene rings is 1. The summed E-state index contributed by atoms with van der Waals surface area (Å²) in [6.45, 7) is 3.35. The number of carbonyl (C=O) groups is 2. The first kappa shape index (κ1) is 26.1. The number of hydrogen-bond acceptors (Lipinski definition) is 5. The van der Waals surface area contributed by atoms with Gasteiger partial charge in [0.05, 0.1) is 19.3 Å². The van der Waals surface area contributed by atoms with Crippen molar-refractivity contribution in [2.75, 3.05) is 40.0 Å². The summed E-state index contributed by atoms with van der Waals surface area (Å²) in [6, 6.07) is 7.10. The number of rotatable bonds is 11. The molecule has 0 aromatic heterocycles. The van der Waals surface area contributed by atoms with E-state index in [0.29, 0.717) is 31.3 Å². The molecule has 1 saturated heterocycles. The quantitative estimate of drug-likeness (QED) is 0.144. The third-order valence-electron chi connectivity index (χ3n) is 4.41. The number of nitrogens with one attached hydrogen (secondary N) is 3. The number of nitrogens with zero attached hydrogens (tertiary/aromatic N) is 1. The van der Waals surface area contributed by atoms with Crippen LogP contribution < -0.4 is 21.7 Å². The van der Waals surface area contributed by atoms with Crippen LogP contribution in [0.1, 0.15) is 35.2 Å². The molecule has 10 heteroatoms. The molecule has 9 nitrogen and oxygen atoms in total. The van der Waals surface area contributed by atoms with Crippen LogP contribution in [0, 0.1) is 0 Å². The molecule has 1 aliphatic rings. The number of aliphatic imine (C=N–C) groups is 1. The molecule has 5 N–H and O–H groups in total. The van der Waals surface area contributed by atoms with E-state index in [1.54, 1.807) is 19.2 Å². The average Bonchev–Trinajstić information content (AvgIpc) is 3.24. The minimum absolute atomic E-state index is 0. The zero-order valence-corrected chi connectivity index (χ0v) is 19.6. The SMILES string of the molecule is CN=C(NCCCOCC1CCCO1)NCc1ccc(C(=O)NCC(N)=O)cc1.I. The average molecular weight is 533 g/mol. The van der Waals surface area contributed by atoms with Crippen molar-refractivity contribution in [1.82, 2.24) is 16.0 Å². The minimum Gasteiger partial charge on any atom is -0.379 e. The van der Waals surface area contributed by atoms with Gasteiger partial charge in [-0.2, -0.15) is 0 Å². The van der Waals surface area contributed by atoms with Gasteiger partial charge in [0, 0.05) is 38.9 Å². The van der Waals surface area contributed by atoms with Gasteiger partial charge >= 0.3 is 0 Å². The van der Waals surface area contributed by atoms with E-state index >= 15 is 0 Å². The van der Waals surface area contributed by atoms with Crippen LogP contribution >= 0.6 is 24.0 Å². The number of ether oxygens (including phenoxy) is 2. The molecule has 2 rings (SSSR count). The van der Waals surface area contributed by atoms with E-state index in [2.05, 4.69) is 20.9 Å². The van der Waals surface area contributed by atoms with E-state index in [9.17, 15) is 9.59 Å². The maximum absolute atomic E-state index is 11.9. The molecular formula is C20H32IN5O4. The lowest BCUT2D eigenvalue weighted by molar-refractivity contribution is -0.117. The van der Waals surface area contributed by atoms with Gasteiger partial charge in [0.15, 0.2) is 5.96 Å². The van der Waals surface area contributed by atoms with E-state index < -0.39 is 5.91 Å². The van der Waals surface area contributed by atoms with Crippen LogP contribution in [0.5, 0.6) is 0 Å². The van der Waals surface area contributed by atoms with Crippen LogP contribution in [0.15, 0.2) is 29.3 Å². The highest BCUT2D eigenvalue weighted by Gasteiger charge is 2.14. The van der Waals surface area contributed by atoms with Crippen molar-refractivity contribution in [1.29, 1.82) is 0 Å². The summed E-state index contributed by atoms with van der Waals surface area (Å²) in [7, 11) is 1.72. The number of amides is 2.